The molecule has 0 radical (unpaired) electrons. The SMILES string of the molecule is O=c1[nH]nc(CC[C@H]2CN(S(=O)(=O)c3cccc(C(F)(F)F)c3)c3cc(C=Cc4c(Cl)cccc4C(F)(F)F)ccc3O2)o1. The first-order chi connectivity index (χ1) is 20.6. The van der Waals surface area contributed by atoms with Gasteiger partial charge in [-0.15, -0.1) is 5.10 Å². The number of rotatable bonds is 7. The zero-order valence-electron chi connectivity index (χ0n) is 22.1. The minimum atomic E-state index is -4.81. The molecule has 232 valence electrons. The van der Waals surface area contributed by atoms with Gasteiger partial charge in [0.25, 0.3) is 10.0 Å². The highest BCUT2D eigenvalue weighted by atomic mass is 35.5. The molecule has 1 N–H and O–H groups in total. The number of benzene rings is 3. The molecule has 1 aliphatic rings. The van der Waals surface area contributed by atoms with Gasteiger partial charge in [0.1, 0.15) is 11.9 Å². The maximum atomic E-state index is 13.8. The lowest BCUT2D eigenvalue weighted by molar-refractivity contribution is -0.138. The summed E-state index contributed by atoms with van der Waals surface area (Å²) in [6, 6.07) is 10.7. The van der Waals surface area contributed by atoms with Gasteiger partial charge in [-0.2, -0.15) is 26.3 Å². The largest absolute Gasteiger partial charge is 0.486 e. The number of nitrogens with zero attached hydrogens (tertiary/aromatic N) is 2. The van der Waals surface area contributed by atoms with Crippen LogP contribution in [0.2, 0.25) is 5.02 Å². The van der Waals surface area contributed by atoms with E-state index in [0.717, 1.165) is 40.7 Å². The van der Waals surface area contributed by atoms with E-state index in [4.69, 9.17) is 20.8 Å². The number of sulfonamides is 1. The molecule has 16 heteroatoms. The minimum absolute atomic E-state index is 0.0370. The topological polar surface area (TPSA) is 106 Å². The molecule has 0 unspecified atom stereocenters. The average molecular weight is 660 g/mol. The number of H-pyrrole nitrogens is 1. The van der Waals surface area contributed by atoms with Crippen molar-refractivity contribution in [1.29, 1.82) is 0 Å². The Balaban J connectivity index is 1.54. The van der Waals surface area contributed by atoms with Gasteiger partial charge in [-0.25, -0.2) is 18.3 Å². The third-order valence-corrected chi connectivity index (χ3v) is 8.73. The van der Waals surface area contributed by atoms with Crippen LogP contribution in [0.4, 0.5) is 32.0 Å². The Morgan fingerprint density at radius 1 is 1.00 bits per heavy atom. The molecular weight excluding hydrogens is 640 g/mol. The number of hydrogen-bond donors (Lipinski definition) is 1. The fourth-order valence-corrected chi connectivity index (χ4v) is 6.34. The van der Waals surface area contributed by atoms with Crippen LogP contribution in [0.3, 0.4) is 0 Å². The van der Waals surface area contributed by atoms with Crippen molar-refractivity contribution in [2.24, 2.45) is 0 Å². The van der Waals surface area contributed by atoms with Crippen LogP contribution in [0.15, 0.2) is 74.8 Å². The lowest BCUT2D eigenvalue weighted by Gasteiger charge is -2.35. The fourth-order valence-electron chi connectivity index (χ4n) is 4.56. The van der Waals surface area contributed by atoms with Gasteiger partial charge in [0.05, 0.1) is 28.3 Å². The number of ether oxygens (including phenoxy) is 1. The Labute approximate surface area is 250 Å². The Hall–Kier alpha value is -4.24. The van der Waals surface area contributed by atoms with Crippen molar-refractivity contribution in [2.75, 3.05) is 10.8 Å². The summed E-state index contributed by atoms with van der Waals surface area (Å²) in [5.74, 6) is -0.704. The standard InChI is InChI=1S/C28H20ClF6N3O5S/c29-22-6-2-5-21(28(33,34)35)20(22)10-7-16-8-11-24-23(13-16)38(15-18(42-24)9-12-25-36-37-26(39)43-25)44(40,41)19-4-1-3-17(14-19)27(30,31)32/h1-8,10-11,13-14,18H,9,12,15H2,(H,37,39)/t18-/m0/s1. The molecule has 8 nitrogen and oxygen atoms in total. The maximum absolute atomic E-state index is 13.8. The van der Waals surface area contributed by atoms with Crippen LogP contribution in [0.25, 0.3) is 12.2 Å². The molecule has 0 aliphatic carbocycles. The van der Waals surface area contributed by atoms with Crippen LogP contribution in [0.1, 0.15) is 34.6 Å². The number of hydrogen-bond acceptors (Lipinski definition) is 6. The van der Waals surface area contributed by atoms with Gasteiger partial charge >= 0.3 is 18.1 Å². The van der Waals surface area contributed by atoms with Gasteiger partial charge in [-0.3, -0.25) is 4.31 Å². The highest BCUT2D eigenvalue weighted by Crippen LogP contribution is 2.41. The molecule has 4 aromatic rings. The third-order valence-electron chi connectivity index (χ3n) is 6.63. The fraction of sp³-hybridized carbons (Fsp3) is 0.214. The summed E-state index contributed by atoms with van der Waals surface area (Å²) in [7, 11) is -4.62. The highest BCUT2D eigenvalue weighted by Gasteiger charge is 2.37. The number of anilines is 1. The molecule has 0 saturated carbocycles. The summed E-state index contributed by atoms with van der Waals surface area (Å²) in [6.07, 6.45) is -7.76. The zero-order valence-corrected chi connectivity index (χ0v) is 23.7. The van der Waals surface area contributed by atoms with Crippen LogP contribution < -0.4 is 14.8 Å². The molecular formula is C28H20ClF6N3O5S. The molecule has 44 heavy (non-hydrogen) atoms. The first kappa shape index (κ1) is 31.2. The van der Waals surface area contributed by atoms with E-state index in [1.165, 1.54) is 30.3 Å². The summed E-state index contributed by atoms with van der Waals surface area (Å²) in [6.45, 7) is -0.351. The van der Waals surface area contributed by atoms with E-state index in [1.807, 2.05) is 0 Å². The van der Waals surface area contributed by atoms with Gasteiger partial charge in [0.15, 0.2) is 0 Å². The van der Waals surface area contributed by atoms with Crippen LogP contribution in [0, 0.1) is 0 Å². The number of aryl methyl sites for hydroxylation is 1. The summed E-state index contributed by atoms with van der Waals surface area (Å²) in [5, 5.41) is 5.63. The first-order valence-corrected chi connectivity index (χ1v) is 14.5. The number of aromatic amines is 1. The van der Waals surface area contributed by atoms with E-state index in [9.17, 15) is 39.6 Å². The average Bonchev–Trinajstić information content (AvgIpc) is 3.38. The molecule has 2 heterocycles. The number of alkyl halides is 6. The van der Waals surface area contributed by atoms with Gasteiger partial charge in [0.2, 0.25) is 5.89 Å². The van der Waals surface area contributed by atoms with E-state index < -0.39 is 50.3 Å². The number of fused-ring (bicyclic) bond motifs is 1. The lowest BCUT2D eigenvalue weighted by atomic mass is 10.0. The summed E-state index contributed by atoms with van der Waals surface area (Å²) in [4.78, 5) is 10.6. The van der Waals surface area contributed by atoms with Crippen molar-refractivity contribution in [1.82, 2.24) is 10.2 Å². The Kier molecular flexibility index (Phi) is 8.29. The summed E-state index contributed by atoms with van der Waals surface area (Å²) >= 11 is 6.03. The van der Waals surface area contributed by atoms with E-state index in [0.29, 0.717) is 6.07 Å². The first-order valence-electron chi connectivity index (χ1n) is 12.7. The second-order valence-corrected chi connectivity index (χ2v) is 11.9. The second-order valence-electron chi connectivity index (χ2n) is 9.61. The molecule has 1 aromatic heterocycles. The summed E-state index contributed by atoms with van der Waals surface area (Å²) < 4.78 is 120. The third kappa shape index (κ3) is 6.63. The van der Waals surface area contributed by atoms with Crippen LogP contribution in [-0.2, 0) is 28.8 Å². The molecule has 0 spiro atoms. The Bertz CT molecular complexity index is 1890. The predicted molar refractivity (Wildman–Crippen MR) is 148 cm³/mol. The highest BCUT2D eigenvalue weighted by molar-refractivity contribution is 7.92. The molecule has 1 atom stereocenters. The van der Waals surface area contributed by atoms with Crippen molar-refractivity contribution < 1.29 is 43.9 Å². The molecule has 5 rings (SSSR count). The van der Waals surface area contributed by atoms with Crippen molar-refractivity contribution in [3.8, 4) is 5.75 Å². The number of nitrogens with one attached hydrogen (secondary N) is 1. The van der Waals surface area contributed by atoms with Crippen molar-refractivity contribution in [3.63, 3.8) is 0 Å². The van der Waals surface area contributed by atoms with Gasteiger partial charge in [-0.1, -0.05) is 42.0 Å². The maximum Gasteiger partial charge on any atom is 0.434 e. The van der Waals surface area contributed by atoms with Crippen molar-refractivity contribution in [2.45, 2.75) is 36.2 Å². The molecule has 1 aliphatic heterocycles. The normalized spacial score (nSPS) is 15.8. The Morgan fingerprint density at radius 2 is 1.75 bits per heavy atom. The molecule has 0 amide bonds. The van der Waals surface area contributed by atoms with Crippen LogP contribution >= 0.6 is 11.6 Å². The second kappa shape index (κ2) is 11.7. The lowest BCUT2D eigenvalue weighted by Crippen LogP contribution is -2.43. The number of aromatic nitrogens is 2. The quantitative estimate of drug-likeness (QED) is 0.173. The zero-order chi connectivity index (χ0) is 31.9. The Morgan fingerprint density at radius 3 is 2.43 bits per heavy atom. The molecule has 0 bridgehead atoms. The van der Waals surface area contributed by atoms with Crippen LogP contribution in [0.5, 0.6) is 5.75 Å². The number of halogens is 7. The van der Waals surface area contributed by atoms with Gasteiger partial charge in [0, 0.05) is 17.0 Å². The van der Waals surface area contributed by atoms with E-state index >= 15 is 0 Å². The van der Waals surface area contributed by atoms with E-state index in [-0.39, 0.29) is 52.9 Å². The smallest absolute Gasteiger partial charge is 0.434 e. The van der Waals surface area contributed by atoms with Crippen LogP contribution in [-0.4, -0.2) is 31.3 Å². The minimum Gasteiger partial charge on any atom is -0.486 e. The van der Waals surface area contributed by atoms with E-state index in [2.05, 4.69) is 10.2 Å². The van der Waals surface area contributed by atoms with E-state index in [1.54, 1.807) is 0 Å². The van der Waals surface area contributed by atoms with Crippen molar-refractivity contribution >= 4 is 39.5 Å². The molecule has 0 fully saturated rings. The molecule has 0 saturated heterocycles. The molecule has 3 aromatic carbocycles. The summed E-state index contributed by atoms with van der Waals surface area (Å²) in [5.41, 5.74) is -2.26. The predicted octanol–water partition coefficient (Wildman–Crippen LogP) is 6.81. The van der Waals surface area contributed by atoms with Gasteiger partial charge in [-0.05, 0) is 54.4 Å². The van der Waals surface area contributed by atoms with Gasteiger partial charge < -0.3 is 9.15 Å². The monoisotopic (exact) mass is 659 g/mol. The van der Waals surface area contributed by atoms with Crippen molar-refractivity contribution in [3.05, 3.63) is 104 Å².